The number of morpholine rings is 1. The summed E-state index contributed by atoms with van der Waals surface area (Å²) in [6, 6.07) is 8.28. The van der Waals surface area contributed by atoms with E-state index in [-0.39, 0.29) is 6.09 Å². The van der Waals surface area contributed by atoms with E-state index in [9.17, 15) is 4.79 Å². The maximum atomic E-state index is 12.2. The minimum absolute atomic E-state index is 0.270. The Bertz CT molecular complexity index is 688. The first-order valence-corrected chi connectivity index (χ1v) is 10.6. The monoisotopic (exact) mass is 402 g/mol. The van der Waals surface area contributed by atoms with Gasteiger partial charge in [-0.25, -0.2) is 4.79 Å². The van der Waals surface area contributed by atoms with Gasteiger partial charge in [0.2, 0.25) is 0 Å². The van der Waals surface area contributed by atoms with Gasteiger partial charge in [-0.05, 0) is 63.3 Å². The third-order valence-electron chi connectivity index (χ3n) is 4.99. The van der Waals surface area contributed by atoms with Crippen molar-refractivity contribution in [1.29, 1.82) is 0 Å². The maximum absolute atomic E-state index is 12.2. The molecular weight excluding hydrogens is 368 g/mol. The van der Waals surface area contributed by atoms with Gasteiger partial charge in [-0.15, -0.1) is 0 Å². The van der Waals surface area contributed by atoms with Crippen LogP contribution < -0.4 is 4.74 Å². The molecule has 0 atom stereocenters. The summed E-state index contributed by atoms with van der Waals surface area (Å²) in [4.78, 5) is 16.3. The van der Waals surface area contributed by atoms with E-state index in [1.54, 1.807) is 4.90 Å². The van der Waals surface area contributed by atoms with E-state index < -0.39 is 5.60 Å². The molecule has 0 N–H and O–H groups in total. The average molecular weight is 403 g/mol. The fourth-order valence-corrected chi connectivity index (χ4v) is 3.48. The normalized spacial score (nSPS) is 17.9. The van der Waals surface area contributed by atoms with Crippen LogP contribution in [0.15, 0.2) is 36.0 Å². The molecule has 0 aliphatic carbocycles. The van der Waals surface area contributed by atoms with Gasteiger partial charge in [0.05, 0.1) is 19.8 Å². The van der Waals surface area contributed by atoms with Crippen LogP contribution in [0.2, 0.25) is 0 Å². The Morgan fingerprint density at radius 1 is 1.10 bits per heavy atom. The molecule has 1 amide bonds. The van der Waals surface area contributed by atoms with Crippen molar-refractivity contribution >= 4 is 6.09 Å². The van der Waals surface area contributed by atoms with Gasteiger partial charge in [0.25, 0.3) is 0 Å². The van der Waals surface area contributed by atoms with Gasteiger partial charge in [-0.3, -0.25) is 9.80 Å². The van der Waals surface area contributed by atoms with Crippen molar-refractivity contribution in [3.63, 3.8) is 0 Å². The second kappa shape index (κ2) is 10.1. The van der Waals surface area contributed by atoms with E-state index in [1.807, 2.05) is 39.1 Å². The van der Waals surface area contributed by atoms with Gasteiger partial charge >= 0.3 is 6.09 Å². The van der Waals surface area contributed by atoms with E-state index in [0.29, 0.717) is 6.54 Å². The molecule has 2 aliphatic rings. The predicted octanol–water partition coefficient (Wildman–Crippen LogP) is 3.85. The van der Waals surface area contributed by atoms with E-state index in [1.165, 1.54) is 11.1 Å². The Balaban J connectivity index is 1.40. The Morgan fingerprint density at radius 2 is 1.83 bits per heavy atom. The average Bonchev–Trinajstić information content (AvgIpc) is 3.15. The zero-order valence-corrected chi connectivity index (χ0v) is 18.0. The Labute approximate surface area is 174 Å². The number of benzene rings is 1. The molecule has 1 aromatic rings. The Kier molecular flexibility index (Phi) is 7.56. The van der Waals surface area contributed by atoms with Crippen molar-refractivity contribution in [3.05, 3.63) is 41.6 Å². The number of amides is 1. The summed E-state index contributed by atoms with van der Waals surface area (Å²) in [6.45, 7) is 11.9. The van der Waals surface area contributed by atoms with Crippen LogP contribution in [0.25, 0.3) is 0 Å². The molecule has 2 aliphatic heterocycles. The molecule has 0 bridgehead atoms. The topological polar surface area (TPSA) is 51.2 Å². The molecule has 29 heavy (non-hydrogen) atoms. The minimum Gasteiger partial charge on any atom is -0.494 e. The lowest BCUT2D eigenvalue weighted by Gasteiger charge is -2.26. The SMILES string of the molecule is CC(C)(C)OC(=O)N1C=C(Cc2ccc(OCCCN3CCOCC3)cc2)CC1. The largest absolute Gasteiger partial charge is 0.494 e. The lowest BCUT2D eigenvalue weighted by atomic mass is 10.0. The van der Waals surface area contributed by atoms with Crippen LogP contribution >= 0.6 is 0 Å². The molecule has 6 heteroatoms. The molecule has 1 saturated heterocycles. The van der Waals surface area contributed by atoms with Gasteiger partial charge in [0.15, 0.2) is 0 Å². The van der Waals surface area contributed by atoms with Crippen LogP contribution in [-0.2, 0) is 15.9 Å². The van der Waals surface area contributed by atoms with Crippen LogP contribution in [0.5, 0.6) is 5.75 Å². The minimum atomic E-state index is -0.467. The van der Waals surface area contributed by atoms with E-state index in [2.05, 4.69) is 17.0 Å². The summed E-state index contributed by atoms with van der Waals surface area (Å²) in [6.07, 6.45) is 4.42. The van der Waals surface area contributed by atoms with Crippen LogP contribution in [-0.4, -0.2) is 67.5 Å². The zero-order valence-electron chi connectivity index (χ0n) is 18.0. The van der Waals surface area contributed by atoms with E-state index in [0.717, 1.165) is 64.5 Å². The van der Waals surface area contributed by atoms with Crippen molar-refractivity contribution in [1.82, 2.24) is 9.80 Å². The highest BCUT2D eigenvalue weighted by molar-refractivity contribution is 5.70. The molecule has 0 aromatic heterocycles. The van der Waals surface area contributed by atoms with E-state index in [4.69, 9.17) is 14.2 Å². The molecule has 3 rings (SSSR count). The lowest BCUT2D eigenvalue weighted by Crippen LogP contribution is -2.37. The zero-order chi connectivity index (χ0) is 20.7. The molecule has 0 radical (unpaired) electrons. The third-order valence-corrected chi connectivity index (χ3v) is 4.99. The smallest absolute Gasteiger partial charge is 0.414 e. The second-order valence-corrected chi connectivity index (χ2v) is 8.69. The molecule has 2 heterocycles. The molecule has 1 aromatic carbocycles. The Morgan fingerprint density at radius 3 is 2.52 bits per heavy atom. The first-order chi connectivity index (χ1) is 13.9. The highest BCUT2D eigenvalue weighted by Gasteiger charge is 2.24. The summed E-state index contributed by atoms with van der Waals surface area (Å²) in [5, 5.41) is 0. The number of carbonyl (C=O) groups excluding carboxylic acids is 1. The molecule has 6 nitrogen and oxygen atoms in total. The van der Waals surface area contributed by atoms with Gasteiger partial charge in [0, 0.05) is 32.4 Å². The van der Waals surface area contributed by atoms with Crippen molar-refractivity contribution in [3.8, 4) is 5.75 Å². The molecule has 0 unspecified atom stereocenters. The fraction of sp³-hybridized carbons (Fsp3) is 0.609. The molecule has 1 fully saturated rings. The van der Waals surface area contributed by atoms with Gasteiger partial charge in [-0.2, -0.15) is 0 Å². The van der Waals surface area contributed by atoms with Crippen molar-refractivity contribution in [2.45, 2.75) is 45.6 Å². The molecular formula is C23H34N2O4. The van der Waals surface area contributed by atoms with Crippen LogP contribution in [0.3, 0.4) is 0 Å². The summed E-state index contributed by atoms with van der Waals surface area (Å²) < 4.78 is 16.7. The maximum Gasteiger partial charge on any atom is 0.414 e. The number of hydrogen-bond donors (Lipinski definition) is 0. The summed E-state index contributed by atoms with van der Waals surface area (Å²) in [5.74, 6) is 0.909. The Hall–Kier alpha value is -2.05. The number of nitrogens with zero attached hydrogens (tertiary/aromatic N) is 2. The summed E-state index contributed by atoms with van der Waals surface area (Å²) in [7, 11) is 0. The van der Waals surface area contributed by atoms with Gasteiger partial charge < -0.3 is 14.2 Å². The highest BCUT2D eigenvalue weighted by Crippen LogP contribution is 2.22. The third kappa shape index (κ3) is 7.37. The van der Waals surface area contributed by atoms with E-state index >= 15 is 0 Å². The summed E-state index contributed by atoms with van der Waals surface area (Å²) >= 11 is 0. The lowest BCUT2D eigenvalue weighted by molar-refractivity contribution is 0.0349. The quantitative estimate of drug-likeness (QED) is 0.649. The number of carbonyl (C=O) groups is 1. The number of rotatable bonds is 7. The predicted molar refractivity (Wildman–Crippen MR) is 113 cm³/mol. The molecule has 0 saturated carbocycles. The van der Waals surface area contributed by atoms with Crippen LogP contribution in [0.1, 0.15) is 39.2 Å². The highest BCUT2D eigenvalue weighted by atomic mass is 16.6. The van der Waals surface area contributed by atoms with Gasteiger partial charge in [-0.1, -0.05) is 12.1 Å². The molecule has 160 valence electrons. The van der Waals surface area contributed by atoms with Crippen molar-refractivity contribution in [2.75, 3.05) is 46.0 Å². The number of ether oxygens (including phenoxy) is 3. The van der Waals surface area contributed by atoms with Gasteiger partial charge in [0.1, 0.15) is 11.4 Å². The van der Waals surface area contributed by atoms with Crippen molar-refractivity contribution in [2.24, 2.45) is 0 Å². The second-order valence-electron chi connectivity index (χ2n) is 8.69. The first kappa shape index (κ1) is 21.7. The number of hydrogen-bond acceptors (Lipinski definition) is 5. The first-order valence-electron chi connectivity index (χ1n) is 10.6. The standard InChI is InChI=1S/C23H34N2O4/c1-23(2,3)29-22(26)25-11-9-20(18-25)17-19-5-7-21(8-6-19)28-14-4-10-24-12-15-27-16-13-24/h5-8,18H,4,9-17H2,1-3H3. The summed E-state index contributed by atoms with van der Waals surface area (Å²) in [5.41, 5.74) is 2.00. The van der Waals surface area contributed by atoms with Crippen molar-refractivity contribution < 1.29 is 19.0 Å². The van der Waals surface area contributed by atoms with Crippen LogP contribution in [0.4, 0.5) is 4.79 Å². The molecule has 0 spiro atoms. The van der Waals surface area contributed by atoms with Crippen LogP contribution in [0, 0.1) is 0 Å². The fourth-order valence-electron chi connectivity index (χ4n) is 3.48.